The molecule has 0 unspecified atom stereocenters. The van der Waals surface area contributed by atoms with Crippen LogP contribution in [0.5, 0.6) is 5.75 Å². The first-order chi connectivity index (χ1) is 5.72. The average molecular weight is 229 g/mol. The highest BCUT2D eigenvalue weighted by molar-refractivity contribution is 9.10. The van der Waals surface area contributed by atoms with Crippen LogP contribution in [0.2, 0.25) is 0 Å². The summed E-state index contributed by atoms with van der Waals surface area (Å²) >= 11 is 3.37. The number of benzene rings is 1. The highest BCUT2D eigenvalue weighted by Gasteiger charge is 1.99. The van der Waals surface area contributed by atoms with Gasteiger partial charge in [0.1, 0.15) is 5.75 Å². The number of hydrogen-bond acceptors (Lipinski definition) is 1. The summed E-state index contributed by atoms with van der Waals surface area (Å²) in [6.45, 7) is 4.19. The first-order valence-electron chi connectivity index (χ1n) is 4.14. The van der Waals surface area contributed by atoms with Crippen molar-refractivity contribution in [1.29, 1.82) is 0 Å². The summed E-state index contributed by atoms with van der Waals surface area (Å²) in [4.78, 5) is 0. The minimum atomic E-state index is 0.297. The van der Waals surface area contributed by atoms with E-state index in [-0.39, 0.29) is 0 Å². The fourth-order valence-corrected chi connectivity index (χ4v) is 1.09. The third-order valence-corrected chi connectivity index (χ3v) is 2.25. The van der Waals surface area contributed by atoms with Gasteiger partial charge >= 0.3 is 0 Å². The highest BCUT2D eigenvalue weighted by Crippen LogP contribution is 2.17. The lowest BCUT2D eigenvalue weighted by molar-refractivity contribution is 0.217. The first-order valence-corrected chi connectivity index (χ1v) is 4.94. The molecule has 1 atom stereocenters. The van der Waals surface area contributed by atoms with Crippen LogP contribution in [0.1, 0.15) is 20.3 Å². The molecule has 0 aliphatic rings. The van der Waals surface area contributed by atoms with E-state index in [4.69, 9.17) is 4.74 Å². The molecule has 0 spiro atoms. The summed E-state index contributed by atoms with van der Waals surface area (Å²) < 4.78 is 6.68. The van der Waals surface area contributed by atoms with Crippen LogP contribution < -0.4 is 4.74 Å². The van der Waals surface area contributed by atoms with E-state index < -0.39 is 0 Å². The summed E-state index contributed by atoms with van der Waals surface area (Å²) in [7, 11) is 0. The Morgan fingerprint density at radius 1 is 1.33 bits per heavy atom. The lowest BCUT2D eigenvalue weighted by Gasteiger charge is -2.11. The molecule has 1 rings (SSSR count). The third kappa shape index (κ3) is 2.86. The molecule has 12 heavy (non-hydrogen) atoms. The van der Waals surface area contributed by atoms with Crippen LogP contribution >= 0.6 is 15.9 Å². The molecular weight excluding hydrogens is 216 g/mol. The maximum atomic E-state index is 5.60. The van der Waals surface area contributed by atoms with Crippen molar-refractivity contribution in [3.8, 4) is 5.75 Å². The van der Waals surface area contributed by atoms with Crippen molar-refractivity contribution in [2.24, 2.45) is 0 Å². The summed E-state index contributed by atoms with van der Waals surface area (Å²) in [6.07, 6.45) is 1.34. The third-order valence-electron chi connectivity index (χ3n) is 1.73. The van der Waals surface area contributed by atoms with Gasteiger partial charge in [0.25, 0.3) is 0 Å². The maximum absolute atomic E-state index is 5.60. The Labute approximate surface area is 81.9 Å². The second kappa shape index (κ2) is 4.51. The van der Waals surface area contributed by atoms with Gasteiger partial charge in [-0.25, -0.2) is 0 Å². The number of rotatable bonds is 3. The molecule has 0 radical (unpaired) electrons. The van der Waals surface area contributed by atoms with Gasteiger partial charge in [-0.05, 0) is 37.6 Å². The van der Waals surface area contributed by atoms with E-state index >= 15 is 0 Å². The van der Waals surface area contributed by atoms with Gasteiger partial charge in [0.15, 0.2) is 0 Å². The van der Waals surface area contributed by atoms with Gasteiger partial charge in [-0.1, -0.05) is 22.9 Å². The largest absolute Gasteiger partial charge is 0.491 e. The van der Waals surface area contributed by atoms with E-state index in [1.54, 1.807) is 0 Å². The Hall–Kier alpha value is -0.500. The fraction of sp³-hybridized carbons (Fsp3) is 0.400. The second-order valence-corrected chi connectivity index (χ2v) is 3.71. The molecule has 0 fully saturated rings. The fourth-order valence-electron chi connectivity index (χ4n) is 0.829. The molecule has 0 aliphatic carbocycles. The van der Waals surface area contributed by atoms with Crippen molar-refractivity contribution in [3.63, 3.8) is 0 Å². The predicted molar refractivity (Wildman–Crippen MR) is 54.5 cm³/mol. The van der Waals surface area contributed by atoms with Gasteiger partial charge < -0.3 is 4.74 Å². The molecule has 0 amide bonds. The Morgan fingerprint density at radius 3 is 2.42 bits per heavy atom. The Kier molecular flexibility index (Phi) is 3.60. The van der Waals surface area contributed by atoms with Gasteiger partial charge in [-0.3, -0.25) is 0 Å². The van der Waals surface area contributed by atoms with Crippen LogP contribution in [0.4, 0.5) is 0 Å². The molecule has 0 saturated heterocycles. The van der Waals surface area contributed by atoms with Crippen molar-refractivity contribution >= 4 is 15.9 Å². The lowest BCUT2D eigenvalue weighted by atomic mass is 10.3. The van der Waals surface area contributed by atoms with Crippen LogP contribution in [0.15, 0.2) is 28.7 Å². The van der Waals surface area contributed by atoms with Gasteiger partial charge in [0.05, 0.1) is 6.10 Å². The predicted octanol–water partition coefficient (Wildman–Crippen LogP) is 3.63. The van der Waals surface area contributed by atoms with Crippen molar-refractivity contribution in [3.05, 3.63) is 28.7 Å². The zero-order valence-electron chi connectivity index (χ0n) is 7.38. The van der Waals surface area contributed by atoms with E-state index in [1.165, 1.54) is 0 Å². The zero-order chi connectivity index (χ0) is 8.97. The molecule has 0 heterocycles. The van der Waals surface area contributed by atoms with E-state index in [0.717, 1.165) is 16.6 Å². The highest BCUT2D eigenvalue weighted by atomic mass is 79.9. The number of halogens is 1. The number of ether oxygens (including phenoxy) is 1. The molecule has 1 aromatic carbocycles. The van der Waals surface area contributed by atoms with Gasteiger partial charge in [-0.15, -0.1) is 0 Å². The van der Waals surface area contributed by atoms with Crippen molar-refractivity contribution in [1.82, 2.24) is 0 Å². The van der Waals surface area contributed by atoms with Crippen LogP contribution in [0, 0.1) is 0 Å². The maximum Gasteiger partial charge on any atom is 0.119 e. The standard InChI is InChI=1S/C10H13BrO/c1-3-8(2)12-10-6-4-9(11)5-7-10/h4-8H,3H2,1-2H3/t8-/m0/s1. The topological polar surface area (TPSA) is 9.23 Å². The second-order valence-electron chi connectivity index (χ2n) is 2.79. The summed E-state index contributed by atoms with van der Waals surface area (Å²) in [6, 6.07) is 7.90. The van der Waals surface area contributed by atoms with Crippen LogP contribution in [-0.4, -0.2) is 6.10 Å². The summed E-state index contributed by atoms with van der Waals surface area (Å²) in [5, 5.41) is 0. The van der Waals surface area contributed by atoms with Gasteiger partial charge in [0, 0.05) is 4.47 Å². The molecule has 1 nitrogen and oxygen atoms in total. The van der Waals surface area contributed by atoms with Crippen molar-refractivity contribution in [2.75, 3.05) is 0 Å². The lowest BCUT2D eigenvalue weighted by Crippen LogP contribution is -2.09. The van der Waals surface area contributed by atoms with Gasteiger partial charge in [-0.2, -0.15) is 0 Å². The minimum absolute atomic E-state index is 0.297. The Bertz CT molecular complexity index is 230. The molecule has 2 heteroatoms. The van der Waals surface area contributed by atoms with Crippen LogP contribution in [0.25, 0.3) is 0 Å². The molecule has 0 N–H and O–H groups in total. The molecule has 0 aliphatic heterocycles. The normalized spacial score (nSPS) is 12.6. The minimum Gasteiger partial charge on any atom is -0.491 e. The summed E-state index contributed by atoms with van der Waals surface area (Å²) in [5.74, 6) is 0.938. The van der Waals surface area contributed by atoms with E-state index in [1.807, 2.05) is 24.3 Å². The molecule has 0 bridgehead atoms. The van der Waals surface area contributed by atoms with E-state index in [9.17, 15) is 0 Å². The molecule has 1 aromatic rings. The monoisotopic (exact) mass is 228 g/mol. The SMILES string of the molecule is CC[C@H](C)Oc1ccc(Br)cc1. The van der Waals surface area contributed by atoms with Crippen molar-refractivity contribution < 1.29 is 4.74 Å². The number of hydrogen-bond donors (Lipinski definition) is 0. The van der Waals surface area contributed by atoms with Gasteiger partial charge in [0.2, 0.25) is 0 Å². The average Bonchev–Trinajstić information content (AvgIpc) is 2.09. The smallest absolute Gasteiger partial charge is 0.119 e. The van der Waals surface area contributed by atoms with E-state index in [2.05, 4.69) is 29.8 Å². The summed E-state index contributed by atoms with van der Waals surface area (Å²) in [5.41, 5.74) is 0. The Balaban J connectivity index is 2.58. The molecule has 0 saturated carbocycles. The molecule has 66 valence electrons. The zero-order valence-corrected chi connectivity index (χ0v) is 8.97. The van der Waals surface area contributed by atoms with Crippen molar-refractivity contribution in [2.45, 2.75) is 26.4 Å². The Morgan fingerprint density at radius 2 is 1.92 bits per heavy atom. The first kappa shape index (κ1) is 9.59. The molecular formula is C10H13BrO. The van der Waals surface area contributed by atoms with E-state index in [0.29, 0.717) is 6.10 Å². The van der Waals surface area contributed by atoms with Crippen LogP contribution in [0.3, 0.4) is 0 Å². The van der Waals surface area contributed by atoms with Crippen LogP contribution in [-0.2, 0) is 0 Å². The quantitative estimate of drug-likeness (QED) is 0.768. The molecule has 0 aromatic heterocycles.